The van der Waals surface area contributed by atoms with Gasteiger partial charge in [0, 0.05) is 16.0 Å². The number of halogens is 1. The van der Waals surface area contributed by atoms with Crippen molar-refractivity contribution in [1.82, 2.24) is 0 Å². The Kier molecular flexibility index (Phi) is 4.92. The Morgan fingerprint density at radius 3 is 2.67 bits per heavy atom. The zero-order valence-electron chi connectivity index (χ0n) is 12.4. The van der Waals surface area contributed by atoms with Crippen LogP contribution in [0.4, 0.5) is 0 Å². The van der Waals surface area contributed by atoms with Crippen LogP contribution in [0.5, 0.6) is 0 Å². The lowest BCUT2D eigenvalue weighted by Gasteiger charge is -2.19. The van der Waals surface area contributed by atoms with Crippen LogP contribution in [0.15, 0.2) is 53.4 Å². The molecule has 0 aromatic heterocycles. The van der Waals surface area contributed by atoms with Gasteiger partial charge >= 0.3 is 0 Å². The molecule has 0 amide bonds. The predicted molar refractivity (Wildman–Crippen MR) is 93.5 cm³/mol. The summed E-state index contributed by atoms with van der Waals surface area (Å²) in [6.45, 7) is 2.20. The van der Waals surface area contributed by atoms with Crippen LogP contribution >= 0.6 is 23.4 Å². The lowest BCUT2D eigenvalue weighted by molar-refractivity contribution is 0.523. The van der Waals surface area contributed by atoms with E-state index in [-0.39, 0.29) is 0 Å². The van der Waals surface area contributed by atoms with Gasteiger partial charge in [-0.3, -0.25) is 0 Å². The van der Waals surface area contributed by atoms with Gasteiger partial charge in [-0.25, -0.2) is 0 Å². The van der Waals surface area contributed by atoms with E-state index < -0.39 is 0 Å². The van der Waals surface area contributed by atoms with Crippen molar-refractivity contribution >= 4 is 23.4 Å². The van der Waals surface area contributed by atoms with Crippen LogP contribution in [0, 0.1) is 12.8 Å². The third-order valence-electron chi connectivity index (χ3n) is 4.30. The first-order valence-corrected chi connectivity index (χ1v) is 9.02. The number of fused-ring (bicyclic) bond motifs is 1. The summed E-state index contributed by atoms with van der Waals surface area (Å²) in [7, 11) is 0. The molecule has 2 aromatic carbocycles. The number of hydrogen-bond donors (Lipinski definition) is 0. The van der Waals surface area contributed by atoms with Crippen LogP contribution in [-0.4, -0.2) is 11.1 Å². The second-order valence-electron chi connectivity index (χ2n) is 5.94. The molecule has 0 N–H and O–H groups in total. The van der Waals surface area contributed by atoms with Crippen LogP contribution < -0.4 is 0 Å². The van der Waals surface area contributed by atoms with Crippen LogP contribution in [0.3, 0.4) is 0 Å². The van der Waals surface area contributed by atoms with Crippen molar-refractivity contribution in [3.63, 3.8) is 0 Å². The van der Waals surface area contributed by atoms with Gasteiger partial charge in [-0.05, 0) is 54.9 Å². The molecule has 0 spiro atoms. The Morgan fingerprint density at radius 1 is 1.14 bits per heavy atom. The molecule has 110 valence electrons. The van der Waals surface area contributed by atoms with E-state index in [0.717, 1.165) is 12.3 Å². The molecule has 2 aromatic rings. The molecule has 1 aliphatic heterocycles. The highest BCUT2D eigenvalue weighted by atomic mass is 35.5. The lowest BCUT2D eigenvalue weighted by atomic mass is 9.92. The zero-order valence-corrected chi connectivity index (χ0v) is 14.0. The third kappa shape index (κ3) is 3.64. The SMILES string of the molecule is Cc1ccccc1CC(CCl)CC1Cc2ccccc2S1. The summed E-state index contributed by atoms with van der Waals surface area (Å²) < 4.78 is 0. The molecule has 2 unspecified atom stereocenters. The highest BCUT2D eigenvalue weighted by Crippen LogP contribution is 2.40. The van der Waals surface area contributed by atoms with Crippen molar-refractivity contribution in [3.05, 3.63) is 65.2 Å². The fraction of sp³-hybridized carbons (Fsp3) is 0.368. The summed E-state index contributed by atoms with van der Waals surface area (Å²) >= 11 is 8.29. The van der Waals surface area contributed by atoms with Gasteiger partial charge in [0.15, 0.2) is 0 Å². The molecule has 2 heteroatoms. The molecule has 0 saturated carbocycles. The quantitative estimate of drug-likeness (QED) is 0.656. The molecular formula is C19H21ClS. The Morgan fingerprint density at radius 2 is 1.90 bits per heavy atom. The van der Waals surface area contributed by atoms with Gasteiger partial charge in [0.05, 0.1) is 0 Å². The second kappa shape index (κ2) is 6.89. The summed E-state index contributed by atoms with van der Waals surface area (Å²) in [6.07, 6.45) is 3.50. The van der Waals surface area contributed by atoms with Gasteiger partial charge in [0.2, 0.25) is 0 Å². The number of rotatable bonds is 5. The van der Waals surface area contributed by atoms with Crippen LogP contribution in [0.25, 0.3) is 0 Å². The topological polar surface area (TPSA) is 0 Å². The Labute approximate surface area is 136 Å². The van der Waals surface area contributed by atoms with E-state index in [0.29, 0.717) is 11.2 Å². The van der Waals surface area contributed by atoms with Crippen molar-refractivity contribution < 1.29 is 0 Å². The predicted octanol–water partition coefficient (Wildman–Crippen LogP) is 5.50. The first-order valence-electron chi connectivity index (χ1n) is 7.61. The number of alkyl halides is 1. The molecule has 0 aliphatic carbocycles. The number of hydrogen-bond acceptors (Lipinski definition) is 1. The monoisotopic (exact) mass is 316 g/mol. The Hall–Kier alpha value is -0.920. The van der Waals surface area contributed by atoms with Crippen molar-refractivity contribution in [1.29, 1.82) is 0 Å². The molecule has 0 fully saturated rings. The molecule has 3 rings (SSSR count). The highest BCUT2D eigenvalue weighted by Gasteiger charge is 2.24. The normalized spacial score (nSPS) is 18.5. The maximum Gasteiger partial charge on any atom is 0.0255 e. The average molecular weight is 317 g/mol. The van der Waals surface area contributed by atoms with E-state index in [4.69, 9.17) is 11.6 Å². The van der Waals surface area contributed by atoms with E-state index in [1.165, 1.54) is 34.4 Å². The van der Waals surface area contributed by atoms with E-state index in [1.54, 1.807) is 0 Å². The summed E-state index contributed by atoms with van der Waals surface area (Å²) in [5.41, 5.74) is 4.34. The molecule has 0 saturated heterocycles. The minimum atomic E-state index is 0.569. The van der Waals surface area contributed by atoms with E-state index >= 15 is 0 Å². The van der Waals surface area contributed by atoms with Gasteiger partial charge in [0.1, 0.15) is 0 Å². The maximum atomic E-state index is 6.25. The van der Waals surface area contributed by atoms with Gasteiger partial charge in [0.25, 0.3) is 0 Å². The van der Waals surface area contributed by atoms with Gasteiger partial charge in [-0.15, -0.1) is 23.4 Å². The first kappa shape index (κ1) is 15.0. The summed E-state index contributed by atoms with van der Waals surface area (Å²) in [5, 5.41) is 0.690. The highest BCUT2D eigenvalue weighted by molar-refractivity contribution is 8.00. The summed E-state index contributed by atoms with van der Waals surface area (Å²) in [5.74, 6) is 1.32. The summed E-state index contributed by atoms with van der Waals surface area (Å²) in [6, 6.07) is 17.5. The van der Waals surface area contributed by atoms with Crippen molar-refractivity contribution in [2.75, 3.05) is 5.88 Å². The van der Waals surface area contributed by atoms with Crippen LogP contribution in [-0.2, 0) is 12.8 Å². The molecule has 1 aliphatic rings. The van der Waals surface area contributed by atoms with Gasteiger partial charge < -0.3 is 0 Å². The van der Waals surface area contributed by atoms with Gasteiger partial charge in [-0.2, -0.15) is 0 Å². The third-order valence-corrected chi connectivity index (χ3v) is 6.08. The molecule has 1 heterocycles. The number of benzene rings is 2. The molecule has 0 bridgehead atoms. The number of thioether (sulfide) groups is 1. The number of aryl methyl sites for hydroxylation is 1. The molecule has 0 radical (unpaired) electrons. The fourth-order valence-electron chi connectivity index (χ4n) is 3.11. The fourth-order valence-corrected chi connectivity index (χ4v) is 4.79. The van der Waals surface area contributed by atoms with E-state index in [2.05, 4.69) is 55.5 Å². The van der Waals surface area contributed by atoms with E-state index in [1.807, 2.05) is 11.8 Å². The van der Waals surface area contributed by atoms with Crippen molar-refractivity contribution in [2.24, 2.45) is 5.92 Å². The van der Waals surface area contributed by atoms with Crippen molar-refractivity contribution in [2.45, 2.75) is 36.3 Å². The standard InChI is InChI=1S/C19H21ClS/c1-14-6-2-3-7-16(14)10-15(13-20)11-18-12-17-8-4-5-9-19(17)21-18/h2-9,15,18H,10-13H2,1H3. The first-order chi connectivity index (χ1) is 10.3. The largest absolute Gasteiger partial charge is 0.126 e. The van der Waals surface area contributed by atoms with Gasteiger partial charge in [-0.1, -0.05) is 42.5 Å². The molecule has 21 heavy (non-hydrogen) atoms. The van der Waals surface area contributed by atoms with Crippen molar-refractivity contribution in [3.8, 4) is 0 Å². The molecule has 0 nitrogen and oxygen atoms in total. The zero-order chi connectivity index (χ0) is 14.7. The van der Waals surface area contributed by atoms with Crippen LogP contribution in [0.1, 0.15) is 23.1 Å². The summed E-state index contributed by atoms with van der Waals surface area (Å²) in [4.78, 5) is 1.46. The minimum Gasteiger partial charge on any atom is -0.126 e. The Balaban J connectivity index is 1.63. The smallest absolute Gasteiger partial charge is 0.0255 e. The van der Waals surface area contributed by atoms with Crippen LogP contribution in [0.2, 0.25) is 0 Å². The lowest BCUT2D eigenvalue weighted by Crippen LogP contribution is -2.15. The molecular weight excluding hydrogens is 296 g/mol. The minimum absolute atomic E-state index is 0.569. The maximum absolute atomic E-state index is 6.25. The average Bonchev–Trinajstić information content (AvgIpc) is 2.91. The second-order valence-corrected chi connectivity index (χ2v) is 7.59. The Bertz CT molecular complexity index is 583. The molecule has 2 atom stereocenters. The van der Waals surface area contributed by atoms with E-state index in [9.17, 15) is 0 Å².